The Labute approximate surface area is 59.3 Å². The molecule has 0 bridgehead atoms. The molecule has 1 rings (SSSR count). The van der Waals surface area contributed by atoms with Crippen molar-refractivity contribution in [2.24, 2.45) is 0 Å². The van der Waals surface area contributed by atoms with Gasteiger partial charge in [-0.3, -0.25) is 4.98 Å². The van der Waals surface area contributed by atoms with Crippen molar-refractivity contribution in [1.82, 2.24) is 4.98 Å². The van der Waals surface area contributed by atoms with Gasteiger partial charge in [0.1, 0.15) is 5.75 Å². The molecule has 0 atom stereocenters. The molecule has 0 aliphatic rings. The first kappa shape index (κ1) is 6.29. The number of ether oxygens (including phenoxy) is 1. The average Bonchev–Trinajstić information content (AvgIpc) is 1.89. The van der Waals surface area contributed by atoms with Crippen molar-refractivity contribution < 1.29 is 4.74 Å². The Morgan fingerprint density at radius 1 is 1.67 bits per heavy atom. The summed E-state index contributed by atoms with van der Waals surface area (Å²) in [4.78, 5) is 4.46. The van der Waals surface area contributed by atoms with Crippen LogP contribution in [0.5, 0.6) is 5.75 Å². The number of pyridine rings is 1. The molecule has 1 aromatic heterocycles. The highest BCUT2D eigenvalue weighted by Crippen LogP contribution is 2.13. The van der Waals surface area contributed by atoms with Crippen LogP contribution in [-0.4, -0.2) is 12.1 Å². The molecule has 1 aromatic rings. The van der Waals surface area contributed by atoms with E-state index in [4.69, 9.17) is 17.4 Å². The van der Waals surface area contributed by atoms with Crippen LogP contribution in [-0.2, 0) is 12.6 Å². The largest absolute Gasteiger partial charge is 0.775 e. The van der Waals surface area contributed by atoms with Crippen LogP contribution in [0.15, 0.2) is 23.4 Å². The lowest BCUT2D eigenvalue weighted by molar-refractivity contribution is 0.404. The van der Waals surface area contributed by atoms with Crippen molar-refractivity contribution in [3.8, 4) is 5.75 Å². The van der Waals surface area contributed by atoms with E-state index in [-0.39, 0.29) is 0 Å². The Morgan fingerprint density at radius 2 is 2.44 bits per heavy atom. The molecule has 2 nitrogen and oxygen atoms in total. The molecule has 0 radical (unpaired) electrons. The number of hydrogen-bond donors (Lipinski definition) is 0. The monoisotopic (exact) mass is 140 g/mol. The van der Waals surface area contributed by atoms with Crippen LogP contribution in [0.3, 0.4) is 0 Å². The second-order valence-corrected chi connectivity index (χ2v) is 1.97. The molecule has 0 N–H and O–H groups in total. The first-order valence-corrected chi connectivity index (χ1v) is 2.90. The van der Waals surface area contributed by atoms with E-state index < -0.39 is 0 Å². The fraction of sp³-hybridized carbons (Fsp3) is 0.167. The van der Waals surface area contributed by atoms with Gasteiger partial charge in [-0.05, 0) is 6.07 Å². The van der Waals surface area contributed by atoms with E-state index in [0.29, 0.717) is 10.6 Å². The zero-order valence-electron chi connectivity index (χ0n) is 5.00. The standard InChI is InChI=1S/C6H7NOS/c1-8-5-2-3-7-4-6(5)9/h2-4,9H,1H3/p-1. The van der Waals surface area contributed by atoms with E-state index in [1.807, 2.05) is 0 Å². The van der Waals surface area contributed by atoms with Gasteiger partial charge in [-0.1, -0.05) is 0 Å². The number of methoxy groups -OCH3 is 1. The minimum atomic E-state index is 0.653. The molecule has 0 unspecified atom stereocenters. The normalized spacial score (nSPS) is 9.00. The van der Waals surface area contributed by atoms with Crippen molar-refractivity contribution in [2.45, 2.75) is 4.90 Å². The third-order valence-electron chi connectivity index (χ3n) is 0.967. The Kier molecular flexibility index (Phi) is 1.85. The molecule has 0 saturated carbocycles. The SMILES string of the molecule is COc1ccncc1[S-]. The summed E-state index contributed by atoms with van der Waals surface area (Å²) in [6.45, 7) is 0. The summed E-state index contributed by atoms with van der Waals surface area (Å²) in [5.74, 6) is 0.708. The Hall–Kier alpha value is -0.830. The minimum Gasteiger partial charge on any atom is -0.775 e. The van der Waals surface area contributed by atoms with E-state index in [1.54, 1.807) is 25.6 Å². The van der Waals surface area contributed by atoms with E-state index in [1.165, 1.54) is 0 Å². The molecule has 0 spiro atoms. The minimum absolute atomic E-state index is 0.653. The predicted octanol–water partition coefficient (Wildman–Crippen LogP) is 0.996. The van der Waals surface area contributed by atoms with Gasteiger partial charge in [0.2, 0.25) is 0 Å². The summed E-state index contributed by atoms with van der Waals surface area (Å²) in [6.07, 6.45) is 3.24. The molecule has 0 fully saturated rings. The fourth-order valence-electron chi connectivity index (χ4n) is 0.536. The topological polar surface area (TPSA) is 22.1 Å². The highest BCUT2D eigenvalue weighted by Gasteiger charge is 1.85. The maximum Gasteiger partial charge on any atom is 0.102 e. The molecule has 0 saturated heterocycles. The maximum atomic E-state index is 4.90. The molecule has 0 aliphatic heterocycles. The predicted molar refractivity (Wildman–Crippen MR) is 36.4 cm³/mol. The molecule has 9 heavy (non-hydrogen) atoms. The first-order valence-electron chi connectivity index (χ1n) is 2.49. The van der Waals surface area contributed by atoms with Gasteiger partial charge in [-0.15, -0.1) is 4.90 Å². The summed E-state index contributed by atoms with van der Waals surface area (Å²) < 4.78 is 4.90. The van der Waals surface area contributed by atoms with Crippen LogP contribution >= 0.6 is 0 Å². The zero-order valence-corrected chi connectivity index (χ0v) is 5.81. The van der Waals surface area contributed by atoms with Crippen molar-refractivity contribution in [2.75, 3.05) is 7.11 Å². The van der Waals surface area contributed by atoms with E-state index in [9.17, 15) is 0 Å². The summed E-state index contributed by atoms with van der Waals surface area (Å²) >= 11 is 4.86. The van der Waals surface area contributed by atoms with Crippen molar-refractivity contribution >= 4 is 12.6 Å². The molecule has 0 aliphatic carbocycles. The second-order valence-electron chi connectivity index (χ2n) is 1.53. The third-order valence-corrected chi connectivity index (χ3v) is 1.27. The van der Waals surface area contributed by atoms with E-state index in [2.05, 4.69) is 4.98 Å². The van der Waals surface area contributed by atoms with Crippen LogP contribution in [0, 0.1) is 0 Å². The van der Waals surface area contributed by atoms with E-state index in [0.717, 1.165) is 0 Å². The summed E-state index contributed by atoms with van der Waals surface area (Å²) in [5, 5.41) is 0. The lowest BCUT2D eigenvalue weighted by Crippen LogP contribution is -1.85. The summed E-state index contributed by atoms with van der Waals surface area (Å²) in [7, 11) is 1.59. The van der Waals surface area contributed by atoms with E-state index >= 15 is 0 Å². The molecule has 0 aromatic carbocycles. The maximum absolute atomic E-state index is 4.90. The molecule has 48 valence electrons. The highest BCUT2D eigenvalue weighted by atomic mass is 32.1. The summed E-state index contributed by atoms with van der Waals surface area (Å²) in [5.41, 5.74) is 0. The number of nitrogens with zero attached hydrogens (tertiary/aromatic N) is 1. The van der Waals surface area contributed by atoms with Crippen LogP contribution in [0.2, 0.25) is 0 Å². The van der Waals surface area contributed by atoms with Gasteiger partial charge in [0, 0.05) is 12.4 Å². The Bertz CT molecular complexity index is 202. The molecular weight excluding hydrogens is 134 g/mol. The average molecular weight is 140 g/mol. The van der Waals surface area contributed by atoms with Crippen LogP contribution < -0.4 is 4.74 Å². The third kappa shape index (κ3) is 1.29. The number of hydrogen-bond acceptors (Lipinski definition) is 3. The highest BCUT2D eigenvalue weighted by molar-refractivity contribution is 7.58. The van der Waals surface area contributed by atoms with Gasteiger partial charge in [-0.2, -0.15) is 0 Å². The Balaban J connectivity index is 3.01. The number of rotatable bonds is 1. The van der Waals surface area contributed by atoms with Crippen LogP contribution in [0.1, 0.15) is 0 Å². The number of aromatic nitrogens is 1. The molecule has 3 heteroatoms. The van der Waals surface area contributed by atoms with Gasteiger partial charge in [0.15, 0.2) is 0 Å². The van der Waals surface area contributed by atoms with Crippen molar-refractivity contribution in [3.63, 3.8) is 0 Å². The lowest BCUT2D eigenvalue weighted by Gasteiger charge is -2.09. The van der Waals surface area contributed by atoms with Gasteiger partial charge < -0.3 is 17.4 Å². The second kappa shape index (κ2) is 2.64. The van der Waals surface area contributed by atoms with Crippen LogP contribution in [0.25, 0.3) is 0 Å². The zero-order chi connectivity index (χ0) is 6.69. The van der Waals surface area contributed by atoms with Crippen LogP contribution in [0.4, 0.5) is 0 Å². The van der Waals surface area contributed by atoms with Gasteiger partial charge >= 0.3 is 0 Å². The quantitative estimate of drug-likeness (QED) is 0.543. The van der Waals surface area contributed by atoms with Crippen molar-refractivity contribution in [3.05, 3.63) is 18.5 Å². The molecule has 0 amide bonds. The smallest absolute Gasteiger partial charge is 0.102 e. The Morgan fingerprint density at radius 3 is 2.89 bits per heavy atom. The lowest BCUT2D eigenvalue weighted by atomic mass is 10.4. The van der Waals surface area contributed by atoms with Gasteiger partial charge in [0.05, 0.1) is 7.11 Å². The molecule has 1 heterocycles. The summed E-state index contributed by atoms with van der Waals surface area (Å²) in [6, 6.07) is 1.74. The van der Waals surface area contributed by atoms with Gasteiger partial charge in [-0.25, -0.2) is 0 Å². The van der Waals surface area contributed by atoms with Gasteiger partial charge in [0.25, 0.3) is 0 Å². The molecular formula is C6H6NOS-. The fourth-order valence-corrected chi connectivity index (χ4v) is 0.748. The van der Waals surface area contributed by atoms with Crippen molar-refractivity contribution in [1.29, 1.82) is 0 Å². The first-order chi connectivity index (χ1) is 4.34.